The molecule has 0 aliphatic carbocycles. The van der Waals surface area contributed by atoms with Crippen LogP contribution in [0, 0.1) is 13.8 Å². The Labute approximate surface area is 167 Å². The molecule has 0 fully saturated rings. The van der Waals surface area contributed by atoms with E-state index in [2.05, 4.69) is 5.32 Å². The summed E-state index contributed by atoms with van der Waals surface area (Å²) < 4.78 is 30.9. The van der Waals surface area contributed by atoms with Crippen molar-refractivity contribution < 1.29 is 17.9 Å². The first-order valence-electron chi connectivity index (χ1n) is 9.14. The lowest BCUT2D eigenvalue weighted by atomic mass is 10.1. The van der Waals surface area contributed by atoms with Crippen LogP contribution < -0.4 is 14.4 Å². The molecule has 0 heterocycles. The predicted molar refractivity (Wildman–Crippen MR) is 112 cm³/mol. The topological polar surface area (TPSA) is 75.7 Å². The number of ether oxygens (including phenoxy) is 1. The summed E-state index contributed by atoms with van der Waals surface area (Å²) in [7, 11) is -1.82. The van der Waals surface area contributed by atoms with Crippen molar-refractivity contribution in [2.24, 2.45) is 0 Å². The molecule has 28 heavy (non-hydrogen) atoms. The van der Waals surface area contributed by atoms with Crippen LogP contribution in [-0.4, -0.2) is 34.2 Å². The first-order chi connectivity index (χ1) is 13.2. The van der Waals surface area contributed by atoms with Gasteiger partial charge in [-0.05, 0) is 61.2 Å². The molecule has 0 bridgehead atoms. The molecule has 2 aromatic rings. The number of nitrogens with one attached hydrogen (secondary N) is 1. The Bertz CT molecular complexity index is 888. The largest absolute Gasteiger partial charge is 0.497 e. The van der Waals surface area contributed by atoms with Gasteiger partial charge in [-0.25, -0.2) is 8.42 Å². The van der Waals surface area contributed by atoms with Gasteiger partial charge >= 0.3 is 0 Å². The number of methoxy groups -OCH3 is 1. The van der Waals surface area contributed by atoms with Gasteiger partial charge in [-0.15, -0.1) is 0 Å². The monoisotopic (exact) mass is 404 g/mol. The molecule has 0 aromatic heterocycles. The summed E-state index contributed by atoms with van der Waals surface area (Å²) >= 11 is 0. The molecule has 0 unspecified atom stereocenters. The average Bonchev–Trinajstić information content (AvgIpc) is 2.62. The summed E-state index contributed by atoms with van der Waals surface area (Å²) in [4.78, 5) is 12.1. The van der Waals surface area contributed by atoms with E-state index in [1.807, 2.05) is 56.3 Å². The third-order valence-electron chi connectivity index (χ3n) is 4.31. The average molecular weight is 405 g/mol. The van der Waals surface area contributed by atoms with Crippen molar-refractivity contribution in [3.05, 3.63) is 59.2 Å². The minimum atomic E-state index is -3.42. The highest BCUT2D eigenvalue weighted by Gasteiger charge is 2.18. The van der Waals surface area contributed by atoms with Crippen molar-refractivity contribution in [2.75, 3.05) is 24.2 Å². The molecule has 0 saturated carbocycles. The number of benzene rings is 2. The minimum Gasteiger partial charge on any atom is -0.497 e. The van der Waals surface area contributed by atoms with Crippen molar-refractivity contribution in [3.63, 3.8) is 0 Å². The number of carbonyl (C=O) groups excluding carboxylic acids is 1. The maximum Gasteiger partial charge on any atom is 0.232 e. The van der Waals surface area contributed by atoms with Crippen LogP contribution >= 0.6 is 0 Å². The SMILES string of the molecule is COc1ccc(CNC(=O)CCCN(c2cc(C)cc(C)c2)S(C)(=O)=O)cc1. The molecular formula is C21H28N2O4S. The van der Waals surface area contributed by atoms with Gasteiger partial charge in [0.2, 0.25) is 15.9 Å². The third-order valence-corrected chi connectivity index (χ3v) is 5.50. The highest BCUT2D eigenvalue weighted by atomic mass is 32.2. The fourth-order valence-electron chi connectivity index (χ4n) is 3.00. The molecule has 0 saturated heterocycles. The number of hydrogen-bond acceptors (Lipinski definition) is 4. The Hall–Kier alpha value is -2.54. The van der Waals surface area contributed by atoms with Crippen LogP contribution in [0.15, 0.2) is 42.5 Å². The van der Waals surface area contributed by atoms with Gasteiger partial charge in [0.1, 0.15) is 5.75 Å². The summed E-state index contributed by atoms with van der Waals surface area (Å²) in [6.45, 7) is 4.56. The van der Waals surface area contributed by atoms with Crippen molar-refractivity contribution in [1.29, 1.82) is 0 Å². The van der Waals surface area contributed by atoms with E-state index >= 15 is 0 Å². The second-order valence-electron chi connectivity index (χ2n) is 6.91. The van der Waals surface area contributed by atoms with E-state index < -0.39 is 10.0 Å². The lowest BCUT2D eigenvalue weighted by Gasteiger charge is -2.23. The fourth-order valence-corrected chi connectivity index (χ4v) is 3.95. The standard InChI is InChI=1S/C21H28N2O4S/c1-16-12-17(2)14-19(13-16)23(28(4,25)26)11-5-6-21(24)22-15-18-7-9-20(27-3)10-8-18/h7-10,12-14H,5-6,11,15H2,1-4H3,(H,22,24). The molecule has 6 nitrogen and oxygen atoms in total. The number of amides is 1. The molecule has 2 aromatic carbocycles. The van der Waals surface area contributed by atoms with E-state index in [0.717, 1.165) is 22.4 Å². The Kier molecular flexibility index (Phi) is 7.45. The molecule has 0 radical (unpaired) electrons. The first kappa shape index (κ1) is 21.8. The number of carbonyl (C=O) groups is 1. The molecule has 0 spiro atoms. The van der Waals surface area contributed by atoms with E-state index in [0.29, 0.717) is 18.7 Å². The number of hydrogen-bond donors (Lipinski definition) is 1. The van der Waals surface area contributed by atoms with Gasteiger partial charge in [-0.3, -0.25) is 9.10 Å². The summed E-state index contributed by atoms with van der Waals surface area (Å²) in [6, 6.07) is 13.2. The second-order valence-corrected chi connectivity index (χ2v) is 8.82. The highest BCUT2D eigenvalue weighted by molar-refractivity contribution is 7.92. The molecule has 2 rings (SSSR count). The maximum atomic E-state index is 12.2. The van der Waals surface area contributed by atoms with E-state index in [1.165, 1.54) is 10.6 Å². The quantitative estimate of drug-likeness (QED) is 0.696. The number of anilines is 1. The zero-order valence-corrected chi connectivity index (χ0v) is 17.7. The number of aryl methyl sites for hydroxylation is 2. The summed E-state index contributed by atoms with van der Waals surface area (Å²) in [5.74, 6) is 0.659. The molecule has 0 atom stereocenters. The summed E-state index contributed by atoms with van der Waals surface area (Å²) in [5.41, 5.74) is 3.61. The molecular weight excluding hydrogens is 376 g/mol. The van der Waals surface area contributed by atoms with Crippen molar-refractivity contribution in [1.82, 2.24) is 5.32 Å². The number of nitrogens with zero attached hydrogens (tertiary/aromatic N) is 1. The maximum absolute atomic E-state index is 12.2. The Morgan fingerprint density at radius 1 is 1.07 bits per heavy atom. The lowest BCUT2D eigenvalue weighted by Crippen LogP contribution is -2.32. The lowest BCUT2D eigenvalue weighted by molar-refractivity contribution is -0.121. The van der Waals surface area contributed by atoms with Crippen LogP contribution in [0.25, 0.3) is 0 Å². The van der Waals surface area contributed by atoms with Crippen LogP contribution in [0.5, 0.6) is 5.75 Å². The van der Waals surface area contributed by atoms with Crippen molar-refractivity contribution in [3.8, 4) is 5.75 Å². The van der Waals surface area contributed by atoms with Crippen molar-refractivity contribution >= 4 is 21.6 Å². The van der Waals surface area contributed by atoms with Crippen molar-refractivity contribution in [2.45, 2.75) is 33.2 Å². The van der Waals surface area contributed by atoms with Crippen LogP contribution in [-0.2, 0) is 21.4 Å². The van der Waals surface area contributed by atoms with Crippen LogP contribution in [0.4, 0.5) is 5.69 Å². The van der Waals surface area contributed by atoms with E-state index in [4.69, 9.17) is 4.74 Å². The Balaban J connectivity index is 1.90. The van der Waals surface area contributed by atoms with Gasteiger partial charge in [0.25, 0.3) is 0 Å². The van der Waals surface area contributed by atoms with Crippen LogP contribution in [0.1, 0.15) is 29.5 Å². The molecule has 7 heteroatoms. The van der Waals surface area contributed by atoms with Gasteiger partial charge in [-0.2, -0.15) is 0 Å². The molecule has 1 N–H and O–H groups in total. The highest BCUT2D eigenvalue weighted by Crippen LogP contribution is 2.22. The molecule has 0 aliphatic rings. The molecule has 0 aliphatic heterocycles. The Morgan fingerprint density at radius 2 is 1.68 bits per heavy atom. The third kappa shape index (κ3) is 6.56. The summed E-state index contributed by atoms with van der Waals surface area (Å²) in [6.07, 6.45) is 1.88. The zero-order valence-electron chi connectivity index (χ0n) is 16.9. The number of rotatable bonds is 9. The smallest absolute Gasteiger partial charge is 0.232 e. The zero-order chi connectivity index (χ0) is 20.7. The van der Waals surface area contributed by atoms with E-state index in [1.54, 1.807) is 7.11 Å². The van der Waals surface area contributed by atoms with Crippen LogP contribution in [0.3, 0.4) is 0 Å². The summed E-state index contributed by atoms with van der Waals surface area (Å²) in [5, 5.41) is 2.86. The van der Waals surface area contributed by atoms with Gasteiger partial charge in [0.05, 0.1) is 19.1 Å². The Morgan fingerprint density at radius 3 is 2.21 bits per heavy atom. The number of sulfonamides is 1. The minimum absolute atomic E-state index is 0.107. The fraction of sp³-hybridized carbons (Fsp3) is 0.381. The van der Waals surface area contributed by atoms with Gasteiger partial charge in [0, 0.05) is 19.5 Å². The first-order valence-corrected chi connectivity index (χ1v) is 11.0. The van der Waals surface area contributed by atoms with E-state index in [-0.39, 0.29) is 18.9 Å². The predicted octanol–water partition coefficient (Wildman–Crippen LogP) is 3.17. The van der Waals surface area contributed by atoms with E-state index in [9.17, 15) is 13.2 Å². The molecule has 152 valence electrons. The van der Waals surface area contributed by atoms with Gasteiger partial charge in [0.15, 0.2) is 0 Å². The van der Waals surface area contributed by atoms with Gasteiger partial charge < -0.3 is 10.1 Å². The van der Waals surface area contributed by atoms with Crippen LogP contribution in [0.2, 0.25) is 0 Å². The molecule has 1 amide bonds. The normalized spacial score (nSPS) is 11.1. The van der Waals surface area contributed by atoms with Gasteiger partial charge in [-0.1, -0.05) is 18.2 Å². The second kappa shape index (κ2) is 9.59.